The van der Waals surface area contributed by atoms with Gasteiger partial charge >= 0.3 is 0 Å². The number of Topliss-reactive ketones (excluding diaryl/α,β-unsaturated/α-hetero) is 1. The third-order valence-electron chi connectivity index (χ3n) is 2.60. The molecule has 0 saturated heterocycles. The van der Waals surface area contributed by atoms with Crippen LogP contribution < -0.4 is 0 Å². The first-order valence-corrected chi connectivity index (χ1v) is 8.77. The number of carbonyl (C=O) groups excluding carboxylic acids is 1. The zero-order valence-electron chi connectivity index (χ0n) is 10.5. The minimum Gasteiger partial charge on any atom is -0.453 e. The quantitative estimate of drug-likeness (QED) is 0.523. The first-order valence-electron chi connectivity index (χ1n) is 5.78. The minimum absolute atomic E-state index is 0.0351. The summed E-state index contributed by atoms with van der Waals surface area (Å²) in [6.45, 7) is 0. The van der Waals surface area contributed by atoms with Gasteiger partial charge in [-0.15, -0.1) is 0 Å². The Kier molecular flexibility index (Phi) is 4.09. The third kappa shape index (κ3) is 2.89. The second kappa shape index (κ2) is 5.99. The molecule has 0 spiro atoms. The normalized spacial score (nSPS) is 11.1. The van der Waals surface area contributed by atoms with Gasteiger partial charge in [-0.3, -0.25) is 4.79 Å². The number of hydrogen-bond donors (Lipinski definition) is 0. The molecule has 0 radical (unpaired) electrons. The van der Waals surface area contributed by atoms with Crippen molar-refractivity contribution in [1.82, 2.24) is 9.36 Å². The number of furan rings is 1. The van der Waals surface area contributed by atoms with Crippen LogP contribution in [0, 0.1) is 0 Å². The van der Waals surface area contributed by atoms with Gasteiger partial charge in [-0.05, 0) is 29.9 Å². The Morgan fingerprint density at radius 3 is 3.00 bits per heavy atom. The summed E-state index contributed by atoms with van der Waals surface area (Å²) in [6, 6.07) is 9.38. The van der Waals surface area contributed by atoms with Crippen LogP contribution in [0.1, 0.15) is 10.6 Å². The summed E-state index contributed by atoms with van der Waals surface area (Å²) in [5.74, 6) is 0.670. The molecule has 3 rings (SSSR count). The second-order valence-electron chi connectivity index (χ2n) is 3.91. The highest BCUT2D eigenvalue weighted by molar-refractivity contribution is 8.01. The van der Waals surface area contributed by atoms with Crippen LogP contribution in [-0.2, 0) is 0 Å². The highest BCUT2D eigenvalue weighted by Crippen LogP contribution is 2.25. The van der Waals surface area contributed by atoms with E-state index in [1.807, 2.05) is 30.5 Å². The van der Waals surface area contributed by atoms with Crippen LogP contribution in [0.5, 0.6) is 0 Å². The Balaban J connectivity index is 1.69. The first-order chi connectivity index (χ1) is 9.76. The van der Waals surface area contributed by atoms with E-state index in [0.29, 0.717) is 11.5 Å². The molecule has 0 aliphatic rings. The maximum absolute atomic E-state index is 12.1. The summed E-state index contributed by atoms with van der Waals surface area (Å²) in [5, 5.41) is 1.69. The van der Waals surface area contributed by atoms with Gasteiger partial charge in [0.2, 0.25) is 10.9 Å². The fourth-order valence-electron chi connectivity index (χ4n) is 1.66. The van der Waals surface area contributed by atoms with Crippen LogP contribution in [0.3, 0.4) is 0 Å². The van der Waals surface area contributed by atoms with Gasteiger partial charge in [0.05, 0.1) is 5.75 Å². The Hall–Kier alpha value is -1.31. The fraction of sp³-hybridized carbons (Fsp3) is 0.154. The van der Waals surface area contributed by atoms with E-state index < -0.39 is 0 Å². The lowest BCUT2D eigenvalue weighted by molar-refractivity contribution is 0.0994. The van der Waals surface area contributed by atoms with Gasteiger partial charge in [-0.25, -0.2) is 4.98 Å². The molecule has 3 aromatic rings. The molecule has 1 aromatic carbocycles. The van der Waals surface area contributed by atoms with Crippen molar-refractivity contribution in [3.05, 3.63) is 36.1 Å². The molecule has 4 nitrogen and oxygen atoms in total. The number of benzene rings is 1. The number of hydrogen-bond acceptors (Lipinski definition) is 7. The molecule has 102 valence electrons. The predicted octanol–water partition coefficient (Wildman–Crippen LogP) is 3.98. The zero-order valence-corrected chi connectivity index (χ0v) is 13.0. The van der Waals surface area contributed by atoms with E-state index in [1.165, 1.54) is 35.1 Å². The van der Waals surface area contributed by atoms with Gasteiger partial charge in [0, 0.05) is 5.39 Å². The maximum Gasteiger partial charge on any atom is 0.208 e. The van der Waals surface area contributed by atoms with E-state index >= 15 is 0 Å². The molecule has 0 N–H and O–H groups in total. The van der Waals surface area contributed by atoms with Gasteiger partial charge in [-0.1, -0.05) is 41.7 Å². The van der Waals surface area contributed by atoms with Crippen molar-refractivity contribution in [2.75, 3.05) is 12.0 Å². The maximum atomic E-state index is 12.1. The molecule has 0 atom stereocenters. The van der Waals surface area contributed by atoms with E-state index in [2.05, 4.69) is 9.36 Å². The van der Waals surface area contributed by atoms with Gasteiger partial charge in [-0.2, -0.15) is 4.37 Å². The van der Waals surface area contributed by atoms with Crippen LogP contribution >= 0.6 is 35.1 Å². The van der Waals surface area contributed by atoms with Crippen molar-refractivity contribution in [1.29, 1.82) is 0 Å². The topological polar surface area (TPSA) is 56.0 Å². The summed E-state index contributed by atoms with van der Waals surface area (Å²) in [4.78, 5) is 16.4. The summed E-state index contributed by atoms with van der Waals surface area (Å²) in [6.07, 6.45) is 1.93. The van der Waals surface area contributed by atoms with Gasteiger partial charge in [0.15, 0.2) is 10.1 Å². The summed E-state index contributed by atoms with van der Waals surface area (Å²) < 4.78 is 10.5. The van der Waals surface area contributed by atoms with E-state index in [-0.39, 0.29) is 5.78 Å². The molecule has 0 aliphatic heterocycles. The number of para-hydroxylation sites is 1. The Morgan fingerprint density at radius 1 is 1.40 bits per heavy atom. The van der Waals surface area contributed by atoms with Crippen molar-refractivity contribution in [2.24, 2.45) is 0 Å². The number of fused-ring (bicyclic) bond motifs is 1. The van der Waals surface area contributed by atoms with Crippen molar-refractivity contribution in [3.8, 4) is 0 Å². The van der Waals surface area contributed by atoms with Crippen LogP contribution in [0.2, 0.25) is 0 Å². The SMILES string of the molecule is CSc1nsc(SCC(=O)c2cc3ccccc3o2)n1. The van der Waals surface area contributed by atoms with E-state index in [9.17, 15) is 4.79 Å². The molecule has 0 aliphatic carbocycles. The number of rotatable bonds is 5. The smallest absolute Gasteiger partial charge is 0.208 e. The highest BCUT2D eigenvalue weighted by Gasteiger charge is 2.14. The van der Waals surface area contributed by atoms with Gasteiger partial charge in [0.25, 0.3) is 0 Å². The Bertz CT molecular complexity index is 718. The molecule has 0 unspecified atom stereocenters. The van der Waals surface area contributed by atoms with E-state index in [1.54, 1.807) is 6.07 Å². The lowest BCUT2D eigenvalue weighted by Gasteiger charge is -1.94. The summed E-state index contributed by atoms with van der Waals surface area (Å²) >= 11 is 4.20. The molecular formula is C13H10N2O2S3. The van der Waals surface area contributed by atoms with Gasteiger partial charge in [0.1, 0.15) is 5.58 Å². The van der Waals surface area contributed by atoms with E-state index in [4.69, 9.17) is 4.42 Å². The molecule has 0 saturated carbocycles. The van der Waals surface area contributed by atoms with E-state index in [0.717, 1.165) is 20.5 Å². The highest BCUT2D eigenvalue weighted by atomic mass is 32.2. The monoisotopic (exact) mass is 322 g/mol. The standard InChI is InChI=1S/C13H10N2O2S3/c1-18-12-14-13(20-15-12)19-7-9(16)11-6-8-4-2-3-5-10(8)17-11/h2-6H,7H2,1H3. The summed E-state index contributed by atoms with van der Waals surface area (Å²) in [7, 11) is 0. The molecular weight excluding hydrogens is 312 g/mol. The van der Waals surface area contributed by atoms with Crippen LogP contribution in [-0.4, -0.2) is 27.1 Å². The minimum atomic E-state index is -0.0351. The second-order valence-corrected chi connectivity index (χ2v) is 6.66. The molecule has 0 amide bonds. The average Bonchev–Trinajstić information content (AvgIpc) is 3.10. The number of nitrogens with zero attached hydrogens (tertiary/aromatic N) is 2. The van der Waals surface area contributed by atoms with Crippen molar-refractivity contribution >= 4 is 51.8 Å². The van der Waals surface area contributed by atoms with Crippen molar-refractivity contribution < 1.29 is 9.21 Å². The molecule has 2 heterocycles. The molecule has 0 fully saturated rings. The Labute approximate surface area is 128 Å². The van der Waals surface area contributed by atoms with Crippen molar-refractivity contribution in [2.45, 2.75) is 9.50 Å². The molecule has 7 heteroatoms. The molecule has 20 heavy (non-hydrogen) atoms. The summed E-state index contributed by atoms with van der Waals surface area (Å²) in [5.41, 5.74) is 0.737. The largest absolute Gasteiger partial charge is 0.453 e. The Morgan fingerprint density at radius 2 is 2.25 bits per heavy atom. The molecule has 2 aromatic heterocycles. The number of carbonyl (C=O) groups is 1. The average molecular weight is 322 g/mol. The van der Waals surface area contributed by atoms with Crippen LogP contribution in [0.25, 0.3) is 11.0 Å². The van der Waals surface area contributed by atoms with Crippen LogP contribution in [0.4, 0.5) is 0 Å². The molecule has 0 bridgehead atoms. The number of ketones is 1. The number of thioether (sulfide) groups is 2. The van der Waals surface area contributed by atoms with Crippen molar-refractivity contribution in [3.63, 3.8) is 0 Å². The number of aromatic nitrogens is 2. The fourth-order valence-corrected chi connectivity index (χ4v) is 3.74. The van der Waals surface area contributed by atoms with Gasteiger partial charge < -0.3 is 4.42 Å². The zero-order chi connectivity index (χ0) is 13.9. The lowest BCUT2D eigenvalue weighted by atomic mass is 10.2. The van der Waals surface area contributed by atoms with Crippen LogP contribution in [0.15, 0.2) is 44.2 Å². The third-order valence-corrected chi connectivity index (χ3v) is 5.10. The lowest BCUT2D eigenvalue weighted by Crippen LogP contribution is -2.00. The first kappa shape index (κ1) is 13.7. The predicted molar refractivity (Wildman–Crippen MR) is 83.0 cm³/mol.